The number of pyridine rings is 3. The number of amidine groups is 1. The van der Waals surface area contributed by atoms with E-state index in [-0.39, 0.29) is 78.4 Å². The number of carboxylic acid groups (broad SMARTS) is 1. The number of hydrogen-bond acceptors (Lipinski definition) is 16. The van der Waals surface area contributed by atoms with Gasteiger partial charge in [0.1, 0.15) is 75.6 Å². The van der Waals surface area contributed by atoms with Gasteiger partial charge in [0.05, 0.1) is 75.3 Å². The second-order valence-corrected chi connectivity index (χ2v) is 11.4. The Bertz CT molecular complexity index is 3330. The van der Waals surface area contributed by atoms with Crippen LogP contribution < -0.4 is 14.2 Å². The molecule has 0 saturated heterocycles. The number of ether oxygens (including phenoxy) is 3. The van der Waals surface area contributed by atoms with E-state index < -0.39 is 11.8 Å². The number of carboxylic acids is 1. The Morgan fingerprint density at radius 1 is 0.814 bits per heavy atom. The van der Waals surface area contributed by atoms with E-state index in [0.717, 1.165) is 31.3 Å². The van der Waals surface area contributed by atoms with Gasteiger partial charge in [-0.15, -0.1) is 0 Å². The Morgan fingerprint density at radius 3 is 1.92 bits per heavy atom. The second-order valence-electron chi connectivity index (χ2n) is 10.7. The van der Waals surface area contributed by atoms with Crippen LogP contribution in [0.2, 0.25) is 1.41 Å². The van der Waals surface area contributed by atoms with Crippen molar-refractivity contribution in [3.63, 3.8) is 0 Å². The minimum atomic E-state index is -1.61. The molecule has 0 aromatic carbocycles. The first-order valence-corrected chi connectivity index (χ1v) is 17.0. The van der Waals surface area contributed by atoms with Gasteiger partial charge in [0.15, 0.2) is 13.0 Å². The smallest absolute Gasteiger partial charge is 0.377 e. The van der Waals surface area contributed by atoms with E-state index in [4.69, 9.17) is 31.7 Å². The van der Waals surface area contributed by atoms with Gasteiger partial charge in [0.25, 0.3) is 5.78 Å². The van der Waals surface area contributed by atoms with E-state index in [9.17, 15) is 9.59 Å². The van der Waals surface area contributed by atoms with Crippen LogP contribution in [-0.4, -0.2) is 132 Å². The lowest BCUT2D eigenvalue weighted by molar-refractivity contribution is -0.131. The van der Waals surface area contributed by atoms with Crippen molar-refractivity contribution >= 4 is 72.9 Å². The molecule has 0 aliphatic carbocycles. The predicted molar refractivity (Wildman–Crippen MR) is 216 cm³/mol. The number of halogens is 1. The summed E-state index contributed by atoms with van der Waals surface area (Å²) in [5.74, 6) is -0.596. The summed E-state index contributed by atoms with van der Waals surface area (Å²) in [4.78, 5) is 61.3. The highest BCUT2D eigenvalue weighted by molar-refractivity contribution is 9.10. The minimum absolute atomic E-state index is 0.0231. The highest BCUT2D eigenvalue weighted by Gasteiger charge is 2.24. The molecular formula is C35H32BrN17O6. The Morgan fingerprint density at radius 2 is 1.42 bits per heavy atom. The third-order valence-electron chi connectivity index (χ3n) is 7.48. The molecule has 1 aliphatic heterocycles. The molecule has 24 heteroatoms. The lowest BCUT2D eigenvalue weighted by atomic mass is 10.1. The number of H-pyrrole nitrogens is 4. The molecule has 0 atom stereocenters. The molecule has 5 N–H and O–H groups in total. The number of aromatic amines is 4. The number of aliphatic imine (C=N–C) groups is 2. The Labute approximate surface area is 352 Å². The molecule has 0 saturated carbocycles. The fourth-order valence-electron chi connectivity index (χ4n) is 5.00. The average molecular weight is 876 g/mol. The standard InChI is InChI=1S/C12H9N5O4.C10H9N5O.C8H7BrN2O.C3H4N2.C2H3N3/c1-21-7-3-15-11(17-5-13-4-16-17)9-8(7)6(2-14-9)10(18)12(19)20;1-16-8-4-13-10(15-6-11-5-14-15)9-7(8)2-3-12-9;1-12-6-4-11-8(9)7-5(6)2-3-10-7;1-2-5-3-4-1;1-3-2-5-4-1/h2-5,14H,1H3,(H,19,20);2-6,12H,1H3;2-4,10H,1H3;1,3H,2H2;1-2H,(H,3,4,5)/i4D,5D;5D,6D;;1D,3D;1D,2D/hD. The van der Waals surface area contributed by atoms with Crippen molar-refractivity contribution in [2.24, 2.45) is 9.98 Å². The second kappa shape index (κ2) is 19.6. The third kappa shape index (κ3) is 9.46. The molecule has 23 nitrogen and oxygen atoms in total. The molecule has 9 aromatic heterocycles. The number of aromatic nitrogens is 15. The molecule has 0 bridgehead atoms. The van der Waals surface area contributed by atoms with Crippen molar-refractivity contribution in [2.75, 3.05) is 27.9 Å². The van der Waals surface area contributed by atoms with Crippen molar-refractivity contribution in [1.29, 1.82) is 0 Å². The number of Topliss-reactive ketones (excluding diaryl/α,β-unsaturated/α-hetero) is 1. The Hall–Kier alpha value is -8.15. The first-order chi connectivity index (χ1) is 32.4. The van der Waals surface area contributed by atoms with E-state index in [2.05, 4.69) is 86.1 Å². The van der Waals surface area contributed by atoms with Crippen LogP contribution in [0.5, 0.6) is 17.2 Å². The maximum atomic E-state index is 11.8. The number of carbonyl (C=O) groups excluding carboxylic acids is 1. The van der Waals surface area contributed by atoms with Crippen LogP contribution in [0.4, 0.5) is 0 Å². The van der Waals surface area contributed by atoms with Crippen LogP contribution in [0, 0.1) is 0 Å². The number of carbonyl (C=O) groups is 2. The van der Waals surface area contributed by atoms with E-state index >= 15 is 0 Å². The molecule has 300 valence electrons. The fourth-order valence-corrected chi connectivity index (χ4v) is 5.44. The van der Waals surface area contributed by atoms with Gasteiger partial charge in [0, 0.05) is 35.6 Å². The molecular weight excluding hydrogens is 834 g/mol. The number of fused-ring (bicyclic) bond motifs is 3. The molecule has 1 aliphatic rings. The van der Waals surface area contributed by atoms with Crippen molar-refractivity contribution in [3.8, 4) is 28.9 Å². The van der Waals surface area contributed by atoms with Gasteiger partial charge in [-0.25, -0.2) is 49.1 Å². The number of rotatable bonds is 7. The summed E-state index contributed by atoms with van der Waals surface area (Å²) in [5, 5.41) is 22.2. The zero-order valence-corrected chi connectivity index (χ0v) is 32.0. The highest BCUT2D eigenvalue weighted by Crippen LogP contribution is 2.32. The van der Waals surface area contributed by atoms with Crippen LogP contribution in [0.1, 0.15) is 21.3 Å². The maximum absolute atomic E-state index is 11.8. The summed E-state index contributed by atoms with van der Waals surface area (Å²) >= 11 is 3.34. The quantitative estimate of drug-likeness (QED) is 0.0864. The fraction of sp³-hybridized carbons (Fsp3) is 0.114. The van der Waals surface area contributed by atoms with Crippen LogP contribution in [-0.2, 0) is 4.79 Å². The Balaban J connectivity index is 0.000000150. The molecule has 9 aromatic rings. The summed E-state index contributed by atoms with van der Waals surface area (Å²) in [6.45, 7) is 0.291. The van der Waals surface area contributed by atoms with E-state index in [1.54, 1.807) is 32.8 Å². The molecule has 10 rings (SSSR count). The summed E-state index contributed by atoms with van der Waals surface area (Å²) in [5.41, 5.74) is 1.79. The number of nitrogens with zero attached hydrogens (tertiary/aromatic N) is 13. The van der Waals surface area contributed by atoms with Crippen LogP contribution in [0.25, 0.3) is 44.3 Å². The lowest BCUT2D eigenvalue weighted by Gasteiger charge is -2.06. The van der Waals surface area contributed by atoms with Crippen molar-refractivity contribution in [1.82, 2.24) is 74.6 Å². The van der Waals surface area contributed by atoms with Crippen molar-refractivity contribution in [2.45, 2.75) is 0 Å². The number of ketones is 1. The van der Waals surface area contributed by atoms with Gasteiger partial charge in [-0.3, -0.25) is 14.9 Å². The molecule has 0 spiro atoms. The topological polar surface area (TPSA) is 296 Å². The molecule has 0 radical (unpaired) electrons. The zero-order chi connectivity index (χ0) is 49.4. The summed E-state index contributed by atoms with van der Waals surface area (Å²) in [6, 6.07) is 3.81. The van der Waals surface area contributed by atoms with E-state index in [1.165, 1.54) is 24.2 Å². The first kappa shape index (κ1) is 30.0. The van der Waals surface area contributed by atoms with Gasteiger partial charge < -0.3 is 34.3 Å². The van der Waals surface area contributed by atoms with Crippen molar-refractivity contribution < 1.29 is 41.3 Å². The maximum Gasteiger partial charge on any atom is 0.377 e. The monoisotopic (exact) mass is 874 g/mol. The SMILES string of the molecule is COc1cnc(Br)c2[nH]ccc12.[2H]C1=NC([2H])=NC1.[2H]c1nc([2H])n(-c2ncc(OC)c3c(C(=O)C(=O)O)c[nH]c23)n1.[2H]c1nc([2H])n(-c2ncc(OC)c3cc[nH]c23)n1.[2H]c1nc([2H])n([2H])n1. The molecule has 0 amide bonds. The van der Waals surface area contributed by atoms with Gasteiger partial charge >= 0.3 is 5.97 Å². The summed E-state index contributed by atoms with van der Waals surface area (Å²) in [7, 11) is 4.55. The average Bonchev–Trinajstić information content (AvgIpc) is 4.19. The normalized spacial score (nSPS) is 13.5. The molecule has 10 heterocycles. The number of hydrogen-bond donors (Lipinski definition) is 5. The third-order valence-corrected chi connectivity index (χ3v) is 8.08. The largest absolute Gasteiger partial charge is 0.494 e. The molecule has 0 fully saturated rings. The zero-order valence-electron chi connectivity index (χ0n) is 39.5. The van der Waals surface area contributed by atoms with Crippen molar-refractivity contribution in [3.05, 3.63) is 97.3 Å². The van der Waals surface area contributed by atoms with Crippen LogP contribution >= 0.6 is 15.9 Å². The lowest BCUT2D eigenvalue weighted by Crippen LogP contribution is -2.12. The number of nitrogens with one attached hydrogen (secondary N) is 4. The summed E-state index contributed by atoms with van der Waals surface area (Å²) < 4.78 is 82.1. The van der Waals surface area contributed by atoms with Gasteiger partial charge in [-0.05, 0) is 28.1 Å². The van der Waals surface area contributed by atoms with E-state index in [1.807, 2.05) is 18.3 Å². The van der Waals surface area contributed by atoms with Gasteiger partial charge in [-0.1, -0.05) is 0 Å². The predicted octanol–water partition coefficient (Wildman–Crippen LogP) is 3.81. The molecule has 59 heavy (non-hydrogen) atoms. The molecule has 0 unspecified atom stereocenters. The number of methoxy groups -OCH3 is 3. The summed E-state index contributed by atoms with van der Waals surface area (Å²) in [6.07, 6.45) is 7.88. The highest BCUT2D eigenvalue weighted by atomic mass is 79.9. The number of aliphatic carboxylic acids is 1. The first-order valence-electron chi connectivity index (χ1n) is 20.6. The van der Waals surface area contributed by atoms with Gasteiger partial charge in [0.2, 0.25) is 0 Å². The van der Waals surface area contributed by atoms with Gasteiger partial charge in [-0.2, -0.15) is 15.3 Å². The van der Waals surface area contributed by atoms with Crippen LogP contribution in [0.15, 0.2) is 102 Å². The Kier molecular flexibility index (Phi) is 10.00. The minimum Gasteiger partial charge on any atom is -0.494 e. The van der Waals surface area contributed by atoms with Crippen LogP contribution in [0.3, 0.4) is 0 Å². The van der Waals surface area contributed by atoms with E-state index in [0.29, 0.717) is 28.7 Å².